The van der Waals surface area contributed by atoms with Crippen LogP contribution in [0, 0.1) is 0 Å². The average molecular weight is 288 g/mol. The summed E-state index contributed by atoms with van der Waals surface area (Å²) in [7, 11) is 0. The Hall–Kier alpha value is -1.27. The molecule has 7 heteroatoms. The van der Waals surface area contributed by atoms with Crippen molar-refractivity contribution in [1.29, 1.82) is 0 Å². The van der Waals surface area contributed by atoms with Gasteiger partial charge < -0.3 is 15.2 Å². The quantitative estimate of drug-likeness (QED) is 0.763. The number of pyridine rings is 1. The van der Waals surface area contributed by atoms with Gasteiger partial charge in [0.05, 0.1) is 17.6 Å². The zero-order chi connectivity index (χ0) is 13.5. The smallest absolute Gasteiger partial charge is 0.254 e. The lowest BCUT2D eigenvalue weighted by Crippen LogP contribution is -2.48. The Kier molecular flexibility index (Phi) is 5.94. The Bertz CT molecular complexity index is 442. The van der Waals surface area contributed by atoms with E-state index in [9.17, 15) is 14.7 Å². The molecule has 18 heavy (non-hydrogen) atoms. The summed E-state index contributed by atoms with van der Waals surface area (Å²) < 4.78 is 0. The Balaban J connectivity index is 2.72. The monoisotopic (exact) mass is 287 g/mol. The van der Waals surface area contributed by atoms with E-state index in [0.717, 1.165) is 0 Å². The number of amides is 1. The van der Waals surface area contributed by atoms with Crippen LogP contribution in [0.1, 0.15) is 16.8 Å². The lowest BCUT2D eigenvalue weighted by atomic mass is 10.2. The second-order valence-electron chi connectivity index (χ2n) is 3.47. The Morgan fingerprint density at radius 1 is 1.61 bits per heavy atom. The number of nitrogens with one attached hydrogen (secondary N) is 1. The molecule has 0 saturated carbocycles. The molecule has 0 aliphatic rings. The molecule has 0 saturated heterocycles. The molecule has 1 N–H and O–H groups in total. The maximum absolute atomic E-state index is 11.8. The van der Waals surface area contributed by atoms with Gasteiger partial charge in [0.1, 0.15) is 5.15 Å². The minimum Gasteiger partial charge on any atom is -0.548 e. The second kappa shape index (κ2) is 7.23. The minimum atomic E-state index is -1.31. The summed E-state index contributed by atoms with van der Waals surface area (Å²) in [4.78, 5) is 26.4. The second-order valence-corrected chi connectivity index (χ2v) is 4.81. The Morgan fingerprint density at radius 2 is 2.33 bits per heavy atom. The zero-order valence-electron chi connectivity index (χ0n) is 9.68. The first-order valence-corrected chi connectivity index (χ1v) is 6.94. The van der Waals surface area contributed by atoms with Crippen molar-refractivity contribution < 1.29 is 14.7 Å². The molecule has 0 spiro atoms. The molecule has 0 radical (unpaired) electrons. The summed E-state index contributed by atoms with van der Waals surface area (Å²) in [5.74, 6) is -1.26. The molecule has 1 aromatic rings. The SMILES string of the molecule is CSCC[C@H](NC(=O)c1cccnc1Cl)C(=O)[O-]. The predicted octanol–water partition coefficient (Wildman–Crippen LogP) is 0.336. The normalized spacial score (nSPS) is 11.9. The Morgan fingerprint density at radius 3 is 2.89 bits per heavy atom. The van der Waals surface area contributed by atoms with Crippen molar-refractivity contribution in [3.63, 3.8) is 0 Å². The number of rotatable bonds is 6. The van der Waals surface area contributed by atoms with Gasteiger partial charge >= 0.3 is 0 Å². The summed E-state index contributed by atoms with van der Waals surface area (Å²) in [5.41, 5.74) is 0.148. The number of carbonyl (C=O) groups is 2. The van der Waals surface area contributed by atoms with Crippen LogP contribution in [0.2, 0.25) is 5.15 Å². The van der Waals surface area contributed by atoms with E-state index in [-0.39, 0.29) is 10.7 Å². The van der Waals surface area contributed by atoms with Gasteiger partial charge in [0, 0.05) is 6.20 Å². The van der Waals surface area contributed by atoms with E-state index < -0.39 is 17.9 Å². The number of hydrogen-bond donors (Lipinski definition) is 1. The third-order valence-corrected chi connectivity index (χ3v) is 3.15. The van der Waals surface area contributed by atoms with Crippen molar-refractivity contribution in [1.82, 2.24) is 10.3 Å². The van der Waals surface area contributed by atoms with Crippen LogP contribution < -0.4 is 10.4 Å². The van der Waals surface area contributed by atoms with Crippen molar-refractivity contribution in [2.75, 3.05) is 12.0 Å². The molecule has 1 amide bonds. The van der Waals surface area contributed by atoms with Crippen molar-refractivity contribution in [2.24, 2.45) is 0 Å². The van der Waals surface area contributed by atoms with E-state index >= 15 is 0 Å². The molecule has 0 unspecified atom stereocenters. The summed E-state index contributed by atoms with van der Waals surface area (Å²) in [5, 5.41) is 13.3. The van der Waals surface area contributed by atoms with E-state index in [1.165, 1.54) is 24.0 Å². The zero-order valence-corrected chi connectivity index (χ0v) is 11.3. The van der Waals surface area contributed by atoms with Gasteiger partial charge in [0.2, 0.25) is 0 Å². The van der Waals surface area contributed by atoms with Crippen LogP contribution in [0.25, 0.3) is 0 Å². The van der Waals surface area contributed by atoms with Crippen molar-refractivity contribution >= 4 is 35.2 Å². The van der Waals surface area contributed by atoms with Crippen LogP contribution in [0.4, 0.5) is 0 Å². The molecule has 0 aliphatic heterocycles. The third-order valence-electron chi connectivity index (χ3n) is 2.20. The largest absolute Gasteiger partial charge is 0.548 e. The predicted molar refractivity (Wildman–Crippen MR) is 68.5 cm³/mol. The summed E-state index contributed by atoms with van der Waals surface area (Å²) in [6, 6.07) is 2.00. The number of thioether (sulfide) groups is 1. The van der Waals surface area contributed by atoms with Crippen LogP contribution in [0.15, 0.2) is 18.3 Å². The van der Waals surface area contributed by atoms with Crippen LogP contribution in [0.5, 0.6) is 0 Å². The van der Waals surface area contributed by atoms with Gasteiger partial charge in [-0.15, -0.1) is 0 Å². The topological polar surface area (TPSA) is 82.1 Å². The van der Waals surface area contributed by atoms with Gasteiger partial charge in [-0.25, -0.2) is 4.98 Å². The van der Waals surface area contributed by atoms with Gasteiger partial charge in [0.25, 0.3) is 5.91 Å². The van der Waals surface area contributed by atoms with Crippen LogP contribution in [0.3, 0.4) is 0 Å². The molecule has 0 bridgehead atoms. The molecule has 98 valence electrons. The maximum Gasteiger partial charge on any atom is 0.254 e. The molecule has 0 aliphatic carbocycles. The lowest BCUT2D eigenvalue weighted by molar-refractivity contribution is -0.308. The minimum absolute atomic E-state index is 0.0389. The van der Waals surface area contributed by atoms with E-state index in [4.69, 9.17) is 11.6 Å². The van der Waals surface area contributed by atoms with Crippen LogP contribution in [-0.2, 0) is 4.79 Å². The molecule has 0 aromatic carbocycles. The first-order chi connectivity index (χ1) is 8.56. The fourth-order valence-corrected chi connectivity index (χ4v) is 1.95. The van der Waals surface area contributed by atoms with Crippen LogP contribution >= 0.6 is 23.4 Å². The molecule has 5 nitrogen and oxygen atoms in total. The number of hydrogen-bond acceptors (Lipinski definition) is 5. The maximum atomic E-state index is 11.8. The van der Waals surface area contributed by atoms with Gasteiger partial charge in [0.15, 0.2) is 0 Å². The number of carboxylic acids is 1. The van der Waals surface area contributed by atoms with Crippen LogP contribution in [-0.4, -0.2) is 34.9 Å². The fourth-order valence-electron chi connectivity index (χ4n) is 1.28. The summed E-state index contributed by atoms with van der Waals surface area (Å²) in [6.45, 7) is 0. The highest BCUT2D eigenvalue weighted by molar-refractivity contribution is 7.98. The molecular weight excluding hydrogens is 276 g/mol. The highest BCUT2D eigenvalue weighted by Gasteiger charge is 2.16. The van der Waals surface area contributed by atoms with Gasteiger partial charge in [-0.05, 0) is 30.6 Å². The fraction of sp³-hybridized carbons (Fsp3) is 0.364. The van der Waals surface area contributed by atoms with E-state index in [0.29, 0.717) is 12.2 Å². The third kappa shape index (κ3) is 4.19. The van der Waals surface area contributed by atoms with E-state index in [2.05, 4.69) is 10.3 Å². The van der Waals surface area contributed by atoms with E-state index in [1.54, 1.807) is 6.07 Å². The average Bonchev–Trinajstić information content (AvgIpc) is 2.34. The van der Waals surface area contributed by atoms with E-state index in [1.807, 2.05) is 6.26 Å². The van der Waals surface area contributed by atoms with Gasteiger partial charge in [-0.2, -0.15) is 11.8 Å². The summed E-state index contributed by atoms with van der Waals surface area (Å²) >= 11 is 7.24. The molecule has 1 heterocycles. The molecule has 1 atom stereocenters. The molecule has 0 fully saturated rings. The van der Waals surface area contributed by atoms with Gasteiger partial charge in [-0.3, -0.25) is 4.79 Å². The highest BCUT2D eigenvalue weighted by atomic mass is 35.5. The number of aliphatic carboxylic acids is 1. The first kappa shape index (κ1) is 14.8. The number of carbonyl (C=O) groups excluding carboxylic acids is 2. The highest BCUT2D eigenvalue weighted by Crippen LogP contribution is 2.11. The van der Waals surface area contributed by atoms with Crippen molar-refractivity contribution in [2.45, 2.75) is 12.5 Å². The standard InChI is InChI=1S/C11H13ClN2O3S/c1-18-6-4-8(11(16)17)14-10(15)7-3-2-5-13-9(7)12/h2-3,5,8H,4,6H2,1H3,(H,14,15)(H,16,17)/p-1/t8-/m0/s1. The molecule has 1 aromatic heterocycles. The van der Waals surface area contributed by atoms with Crippen molar-refractivity contribution in [3.8, 4) is 0 Å². The summed E-state index contributed by atoms with van der Waals surface area (Å²) in [6.07, 6.45) is 3.60. The number of halogens is 1. The number of aromatic nitrogens is 1. The molecular formula is C11H12ClN2O3S-. The lowest BCUT2D eigenvalue weighted by Gasteiger charge is -2.19. The van der Waals surface area contributed by atoms with Crippen molar-refractivity contribution in [3.05, 3.63) is 29.0 Å². The number of nitrogens with zero attached hydrogens (tertiary/aromatic N) is 1. The molecule has 1 rings (SSSR count). The van der Waals surface area contributed by atoms with Gasteiger partial charge in [-0.1, -0.05) is 11.6 Å². The number of carboxylic acid groups (broad SMARTS) is 1. The Labute approximate surface area is 114 Å². The first-order valence-electron chi connectivity index (χ1n) is 5.17.